The number of nitrogens with one attached hydrogen (secondary N) is 9. The molecule has 9 N–H and O–H groups in total. The van der Waals surface area contributed by atoms with Gasteiger partial charge in [-0.15, -0.1) is 0 Å². The lowest BCUT2D eigenvalue weighted by molar-refractivity contribution is 0.0922. The van der Waals surface area contributed by atoms with Gasteiger partial charge in [0.2, 0.25) is 0 Å². The van der Waals surface area contributed by atoms with Gasteiger partial charge in [0.1, 0.15) is 17.1 Å². The van der Waals surface area contributed by atoms with Crippen molar-refractivity contribution in [1.29, 1.82) is 0 Å². The third kappa shape index (κ3) is 10.6. The fraction of sp³-hybridized carbons (Fsp3) is 0.154. The Bertz CT molecular complexity index is 2080. The Kier molecular flexibility index (Phi) is 13.4. The van der Waals surface area contributed by atoms with Crippen LogP contribution in [-0.2, 0) is 0 Å². The van der Waals surface area contributed by atoms with E-state index in [0.717, 1.165) is 0 Å². The van der Waals surface area contributed by atoms with Crippen LogP contribution in [0.1, 0.15) is 62.9 Å². The molecule has 0 fully saturated rings. The van der Waals surface area contributed by atoms with Gasteiger partial charge in [-0.05, 0) is 36.4 Å². The van der Waals surface area contributed by atoms with Gasteiger partial charge in [0.25, 0.3) is 35.4 Å². The summed E-state index contributed by atoms with van der Waals surface area (Å²) in [6.07, 6.45) is 3.75. The Morgan fingerprint density at radius 2 is 0.690 bits per heavy atom. The van der Waals surface area contributed by atoms with E-state index in [0.29, 0.717) is 17.1 Å². The molecule has 6 amide bonds. The molecule has 6 aromatic rings. The maximum Gasteiger partial charge on any atom is 0.276 e. The van der Waals surface area contributed by atoms with Gasteiger partial charge < -0.3 is 46.9 Å². The fourth-order valence-corrected chi connectivity index (χ4v) is 5.64. The van der Waals surface area contributed by atoms with Crippen molar-refractivity contribution < 1.29 is 28.8 Å². The molecule has 0 unspecified atom stereocenters. The Hall–Kier alpha value is -7.93. The van der Waals surface area contributed by atoms with E-state index in [1.807, 2.05) is 4.90 Å². The van der Waals surface area contributed by atoms with E-state index in [9.17, 15) is 28.8 Å². The summed E-state index contributed by atoms with van der Waals surface area (Å²) in [5.74, 6) is -3.42. The number of carbonyl (C=O) groups is 6. The topological polar surface area (TPSA) is 264 Å². The molecule has 58 heavy (non-hydrogen) atoms. The van der Waals surface area contributed by atoms with Gasteiger partial charge in [-0.3, -0.25) is 33.7 Å². The number of anilines is 3. The van der Waals surface area contributed by atoms with Gasteiger partial charge in [-0.25, -0.2) is 15.0 Å². The number of H-pyrrole nitrogens is 3. The quantitative estimate of drug-likeness (QED) is 0.0615. The number of benzene rings is 3. The molecule has 0 bridgehead atoms. The van der Waals surface area contributed by atoms with Gasteiger partial charge in [-0.2, -0.15) is 0 Å². The van der Waals surface area contributed by atoms with E-state index < -0.39 is 35.4 Å². The van der Waals surface area contributed by atoms with Crippen LogP contribution in [0.4, 0.5) is 17.1 Å². The number of hydrogen-bond acceptors (Lipinski definition) is 10. The molecule has 0 atom stereocenters. The molecular weight excluding hydrogens is 747 g/mol. The summed E-state index contributed by atoms with van der Waals surface area (Å²) in [5, 5.41) is 16.4. The maximum absolute atomic E-state index is 13.2. The van der Waals surface area contributed by atoms with Gasteiger partial charge in [0.15, 0.2) is 17.1 Å². The Morgan fingerprint density at radius 1 is 0.414 bits per heavy atom. The SMILES string of the molecule is O=C(Nc1ccccc1)c1nc[nH]c1C(=O)NCCN(CCNC(=O)c1[nH]cnc1C(=O)Nc1ccccc1)CCNC(=O)c1[nH]cnc1C(=O)Nc1ccccc1. The number of nitrogens with zero attached hydrogens (tertiary/aromatic N) is 4. The van der Waals surface area contributed by atoms with E-state index in [4.69, 9.17) is 0 Å². The average Bonchev–Trinajstić information content (AvgIpc) is 4.04. The number of amides is 6. The van der Waals surface area contributed by atoms with Crippen LogP contribution in [0.3, 0.4) is 0 Å². The minimum Gasteiger partial charge on any atom is -0.349 e. The Balaban J connectivity index is 1.05. The standard InChI is InChI=1S/C39H39N13O6/c53-34(28-31(46-22-43-28)37(56)49-25-10-4-1-5-11-25)40-16-19-52(20-17-41-35(54)29-32(47-23-44-29)38(57)50-26-12-6-2-7-13-26)21-18-42-36(55)30-33(48-24-45-30)39(58)51-27-14-8-3-9-15-27/h1-15,22-24H,16-21H2,(H,40,53)(H,41,54)(H,42,55)(H,43,46)(H,44,47)(H,45,48)(H,49,56)(H,50,57)(H,51,58). The molecule has 0 aliphatic carbocycles. The molecular formula is C39H39N13O6. The van der Waals surface area contributed by atoms with Crippen LogP contribution in [0.25, 0.3) is 0 Å². The first kappa shape index (κ1) is 39.8. The zero-order chi connectivity index (χ0) is 40.7. The van der Waals surface area contributed by atoms with E-state index in [2.05, 4.69) is 61.8 Å². The van der Waals surface area contributed by atoms with Crippen molar-refractivity contribution in [3.8, 4) is 0 Å². The van der Waals surface area contributed by atoms with Gasteiger partial charge in [0, 0.05) is 56.3 Å². The number of aromatic amines is 3. The summed E-state index contributed by atoms with van der Waals surface area (Å²) in [6.45, 7) is 1.07. The van der Waals surface area contributed by atoms with Crippen molar-refractivity contribution in [3.05, 3.63) is 144 Å². The second kappa shape index (κ2) is 19.6. The van der Waals surface area contributed by atoms with Crippen LogP contribution in [0.15, 0.2) is 110 Å². The summed E-state index contributed by atoms with van der Waals surface area (Å²) in [7, 11) is 0. The largest absolute Gasteiger partial charge is 0.349 e. The highest BCUT2D eigenvalue weighted by atomic mass is 16.2. The van der Waals surface area contributed by atoms with Crippen LogP contribution in [-0.4, -0.2) is 110 Å². The molecule has 0 aliphatic heterocycles. The summed E-state index contributed by atoms with van der Waals surface area (Å²) >= 11 is 0. The lowest BCUT2D eigenvalue weighted by Crippen LogP contribution is -2.43. The molecule has 0 aliphatic rings. The summed E-state index contributed by atoms with van der Waals surface area (Å²) in [5.41, 5.74) is 1.26. The Morgan fingerprint density at radius 3 is 0.966 bits per heavy atom. The third-order valence-electron chi connectivity index (χ3n) is 8.48. The molecule has 19 nitrogen and oxygen atoms in total. The van der Waals surface area contributed by atoms with Crippen LogP contribution in [0, 0.1) is 0 Å². The van der Waals surface area contributed by atoms with E-state index in [1.54, 1.807) is 91.0 Å². The van der Waals surface area contributed by atoms with E-state index in [1.165, 1.54) is 19.0 Å². The van der Waals surface area contributed by atoms with Crippen LogP contribution >= 0.6 is 0 Å². The smallest absolute Gasteiger partial charge is 0.276 e. The van der Waals surface area contributed by atoms with Crippen LogP contribution in [0.2, 0.25) is 0 Å². The van der Waals surface area contributed by atoms with E-state index >= 15 is 0 Å². The summed E-state index contributed by atoms with van der Waals surface area (Å²) in [6, 6.07) is 26.2. The normalized spacial score (nSPS) is 10.7. The minimum atomic E-state index is -0.571. The highest BCUT2D eigenvalue weighted by molar-refractivity contribution is 6.11. The molecule has 0 saturated carbocycles. The van der Waals surface area contributed by atoms with Crippen molar-refractivity contribution in [2.45, 2.75) is 0 Å². The lowest BCUT2D eigenvalue weighted by atomic mass is 10.2. The molecule has 3 aromatic heterocycles. The van der Waals surface area contributed by atoms with Gasteiger partial charge >= 0.3 is 0 Å². The fourth-order valence-electron chi connectivity index (χ4n) is 5.64. The molecule has 296 valence electrons. The average molecular weight is 786 g/mol. The number of aromatic nitrogens is 6. The second-order valence-corrected chi connectivity index (χ2v) is 12.4. The summed E-state index contributed by atoms with van der Waals surface area (Å²) in [4.78, 5) is 100. The molecule has 0 saturated heterocycles. The van der Waals surface area contributed by atoms with Crippen molar-refractivity contribution in [3.63, 3.8) is 0 Å². The van der Waals surface area contributed by atoms with Crippen molar-refractivity contribution in [1.82, 2.24) is 50.8 Å². The molecule has 3 aromatic carbocycles. The predicted octanol–water partition coefficient (Wildman–Crippen LogP) is 2.50. The molecule has 6 rings (SSSR count). The van der Waals surface area contributed by atoms with E-state index in [-0.39, 0.29) is 73.4 Å². The Labute approximate surface area is 330 Å². The zero-order valence-corrected chi connectivity index (χ0v) is 30.9. The number of rotatable bonds is 18. The number of carbonyl (C=O) groups excluding carboxylic acids is 6. The molecule has 3 heterocycles. The first-order chi connectivity index (χ1) is 28.3. The number of imidazole rings is 3. The first-order valence-electron chi connectivity index (χ1n) is 18.0. The lowest BCUT2D eigenvalue weighted by Gasteiger charge is -2.23. The van der Waals surface area contributed by atoms with Crippen molar-refractivity contribution >= 4 is 52.5 Å². The third-order valence-corrected chi connectivity index (χ3v) is 8.48. The van der Waals surface area contributed by atoms with Crippen molar-refractivity contribution in [2.75, 3.05) is 55.2 Å². The maximum atomic E-state index is 13.2. The predicted molar refractivity (Wildman–Crippen MR) is 212 cm³/mol. The number of para-hydroxylation sites is 3. The monoisotopic (exact) mass is 785 g/mol. The molecule has 19 heteroatoms. The highest BCUT2D eigenvalue weighted by Gasteiger charge is 2.23. The number of hydrogen-bond donors (Lipinski definition) is 9. The highest BCUT2D eigenvalue weighted by Crippen LogP contribution is 2.13. The van der Waals surface area contributed by atoms with Gasteiger partial charge in [0.05, 0.1) is 19.0 Å². The van der Waals surface area contributed by atoms with Crippen LogP contribution in [0.5, 0.6) is 0 Å². The first-order valence-corrected chi connectivity index (χ1v) is 18.0. The van der Waals surface area contributed by atoms with Gasteiger partial charge in [-0.1, -0.05) is 54.6 Å². The molecule has 0 spiro atoms. The van der Waals surface area contributed by atoms with Crippen molar-refractivity contribution in [2.24, 2.45) is 0 Å². The zero-order valence-electron chi connectivity index (χ0n) is 30.9. The second-order valence-electron chi connectivity index (χ2n) is 12.4. The van der Waals surface area contributed by atoms with Crippen LogP contribution < -0.4 is 31.9 Å². The minimum absolute atomic E-state index is 0.0298. The summed E-state index contributed by atoms with van der Waals surface area (Å²) < 4.78 is 0. The molecule has 0 radical (unpaired) electrons.